The van der Waals surface area contributed by atoms with Crippen LogP contribution in [0.4, 0.5) is 5.69 Å². The predicted octanol–water partition coefficient (Wildman–Crippen LogP) is 6.04. The highest BCUT2D eigenvalue weighted by Crippen LogP contribution is 2.24. The molecular weight excluding hydrogens is 490 g/mol. The van der Waals surface area contributed by atoms with Gasteiger partial charge >= 0.3 is 0 Å². The van der Waals surface area contributed by atoms with E-state index in [0.717, 1.165) is 10.2 Å². The number of aromatic nitrogens is 1. The molecule has 0 saturated heterocycles. The van der Waals surface area contributed by atoms with Gasteiger partial charge in [-0.1, -0.05) is 48.9 Å². The number of sulfonamides is 1. The molecule has 1 N–H and O–H groups in total. The lowest BCUT2D eigenvalue weighted by Gasteiger charge is -2.09. The lowest BCUT2D eigenvalue weighted by atomic mass is 10.0. The third kappa shape index (κ3) is 5.09. The monoisotopic (exact) mass is 513 g/mol. The van der Waals surface area contributed by atoms with Crippen LogP contribution in [0.2, 0.25) is 5.02 Å². The van der Waals surface area contributed by atoms with Crippen molar-refractivity contribution >= 4 is 54.8 Å². The van der Waals surface area contributed by atoms with Crippen LogP contribution in [0.5, 0.6) is 0 Å². The van der Waals surface area contributed by atoms with Crippen molar-refractivity contribution in [1.29, 1.82) is 0 Å². The summed E-state index contributed by atoms with van der Waals surface area (Å²) in [6.45, 7) is 6.98. The van der Waals surface area contributed by atoms with Crippen molar-refractivity contribution in [2.24, 2.45) is 4.99 Å². The number of anilines is 1. The quantitative estimate of drug-likeness (QED) is 0.341. The molecule has 0 aliphatic rings. The van der Waals surface area contributed by atoms with Gasteiger partial charge in [0.05, 0.1) is 15.1 Å². The lowest BCUT2D eigenvalue weighted by Crippen LogP contribution is -2.16. The molecule has 0 saturated carbocycles. The minimum atomic E-state index is -3.82. The van der Waals surface area contributed by atoms with Crippen molar-refractivity contribution in [3.8, 4) is 0 Å². The van der Waals surface area contributed by atoms with Crippen LogP contribution >= 0.6 is 22.9 Å². The smallest absolute Gasteiger partial charge is 0.279 e. The van der Waals surface area contributed by atoms with Crippen LogP contribution in [0.15, 0.2) is 76.6 Å². The number of aryl methyl sites for hydroxylation is 1. The molecule has 4 aromatic rings. The van der Waals surface area contributed by atoms with Crippen LogP contribution in [0.3, 0.4) is 0 Å². The highest BCUT2D eigenvalue weighted by Gasteiger charge is 2.16. The Bertz CT molecular complexity index is 1540. The van der Waals surface area contributed by atoms with Crippen molar-refractivity contribution in [1.82, 2.24) is 4.57 Å². The van der Waals surface area contributed by atoms with Gasteiger partial charge in [-0.2, -0.15) is 4.99 Å². The van der Waals surface area contributed by atoms with Gasteiger partial charge in [0, 0.05) is 22.8 Å². The number of nitrogens with one attached hydrogen (secondary N) is 1. The van der Waals surface area contributed by atoms with Gasteiger partial charge in [0.2, 0.25) is 0 Å². The molecule has 0 atom stereocenters. The van der Waals surface area contributed by atoms with Crippen LogP contribution < -0.4 is 9.52 Å². The first-order chi connectivity index (χ1) is 16.2. The number of halogens is 1. The summed E-state index contributed by atoms with van der Waals surface area (Å²) in [5.74, 6) is -0.0339. The van der Waals surface area contributed by atoms with Crippen molar-refractivity contribution < 1.29 is 13.2 Å². The molecule has 1 aromatic heterocycles. The average Bonchev–Trinajstić information content (AvgIpc) is 3.15. The molecule has 9 heteroatoms. The molecule has 1 heterocycles. The van der Waals surface area contributed by atoms with Crippen LogP contribution in [-0.4, -0.2) is 18.9 Å². The molecule has 0 aliphatic carbocycles. The summed E-state index contributed by atoms with van der Waals surface area (Å²) in [7, 11) is -3.82. The molecule has 0 radical (unpaired) electrons. The van der Waals surface area contributed by atoms with Gasteiger partial charge in [0.25, 0.3) is 15.9 Å². The van der Waals surface area contributed by atoms with E-state index in [1.807, 2.05) is 11.5 Å². The SMILES string of the molecule is CCn1c(=NC(=O)c2cccc(NS(=O)(=O)c3ccc(Cl)cc3)c2)sc2cc(C(C)C)ccc21. The number of amides is 1. The first kappa shape index (κ1) is 24.2. The molecule has 3 aromatic carbocycles. The Morgan fingerprint density at radius 1 is 1.09 bits per heavy atom. The highest BCUT2D eigenvalue weighted by molar-refractivity contribution is 7.92. The third-order valence-corrected chi connectivity index (χ3v) is 8.06. The minimum Gasteiger partial charge on any atom is -0.317 e. The van der Waals surface area contributed by atoms with Crippen molar-refractivity contribution in [2.75, 3.05) is 4.72 Å². The van der Waals surface area contributed by atoms with E-state index in [4.69, 9.17) is 11.6 Å². The number of hydrogen-bond donors (Lipinski definition) is 1. The summed E-state index contributed by atoms with van der Waals surface area (Å²) < 4.78 is 30.9. The lowest BCUT2D eigenvalue weighted by molar-refractivity contribution is 0.0998. The zero-order chi connectivity index (χ0) is 24.5. The maximum Gasteiger partial charge on any atom is 0.279 e. The Balaban J connectivity index is 1.66. The zero-order valence-corrected chi connectivity index (χ0v) is 21.3. The van der Waals surface area contributed by atoms with Crippen LogP contribution in [0, 0.1) is 0 Å². The Morgan fingerprint density at radius 3 is 2.50 bits per heavy atom. The molecule has 176 valence electrons. The van der Waals surface area contributed by atoms with Gasteiger partial charge in [-0.15, -0.1) is 0 Å². The number of hydrogen-bond acceptors (Lipinski definition) is 4. The Labute approximate surface area is 207 Å². The average molecular weight is 514 g/mol. The largest absolute Gasteiger partial charge is 0.317 e. The summed E-state index contributed by atoms with van der Waals surface area (Å²) in [6.07, 6.45) is 0. The molecular formula is C25H24ClN3O3S2. The van der Waals surface area contributed by atoms with Gasteiger partial charge in [0.1, 0.15) is 0 Å². The number of fused-ring (bicyclic) bond motifs is 1. The normalized spacial score (nSPS) is 12.4. The predicted molar refractivity (Wildman–Crippen MR) is 138 cm³/mol. The summed E-state index contributed by atoms with van der Waals surface area (Å²) >= 11 is 7.32. The second kappa shape index (κ2) is 9.74. The Morgan fingerprint density at radius 2 is 1.82 bits per heavy atom. The van der Waals surface area contributed by atoms with Gasteiger partial charge < -0.3 is 4.57 Å². The van der Waals surface area contributed by atoms with E-state index in [1.165, 1.54) is 47.2 Å². The van der Waals surface area contributed by atoms with Crippen molar-refractivity contribution in [3.05, 3.63) is 87.7 Å². The molecule has 0 fully saturated rings. The van der Waals surface area contributed by atoms with Crippen LogP contribution in [0.1, 0.15) is 42.6 Å². The first-order valence-corrected chi connectivity index (χ1v) is 13.5. The number of thiazole rings is 1. The molecule has 0 bridgehead atoms. The second-order valence-corrected chi connectivity index (χ2v) is 11.2. The molecule has 4 rings (SSSR count). The fourth-order valence-corrected chi connectivity index (χ4v) is 5.85. The Kier molecular flexibility index (Phi) is 6.93. The van der Waals surface area contributed by atoms with E-state index >= 15 is 0 Å². The van der Waals surface area contributed by atoms with E-state index in [9.17, 15) is 13.2 Å². The third-order valence-electron chi connectivity index (χ3n) is 5.37. The summed E-state index contributed by atoms with van der Waals surface area (Å²) in [5.41, 5.74) is 2.83. The minimum absolute atomic E-state index is 0.0772. The molecule has 0 unspecified atom stereocenters. The summed E-state index contributed by atoms with van der Waals surface area (Å²) in [5, 5.41) is 0.444. The fraction of sp³-hybridized carbons (Fsp3) is 0.200. The van der Waals surface area contributed by atoms with Gasteiger partial charge in [-0.25, -0.2) is 8.42 Å². The van der Waals surface area contributed by atoms with E-state index in [0.29, 0.717) is 27.9 Å². The standard InChI is InChI=1S/C25H24ClN3O3S2/c1-4-29-22-13-8-17(16(2)3)15-23(22)33-25(29)27-24(30)18-6-5-7-20(14-18)28-34(31,32)21-11-9-19(26)10-12-21/h5-16,28H,4H2,1-3H3. The van der Waals surface area contributed by atoms with Crippen LogP contribution in [0.25, 0.3) is 10.2 Å². The van der Waals surface area contributed by atoms with E-state index in [2.05, 4.69) is 41.8 Å². The fourth-order valence-electron chi connectivity index (χ4n) is 3.53. The maximum atomic E-state index is 13.0. The van der Waals surface area contributed by atoms with Gasteiger partial charge in [0.15, 0.2) is 4.80 Å². The highest BCUT2D eigenvalue weighted by atomic mass is 35.5. The topological polar surface area (TPSA) is 80.5 Å². The van der Waals surface area contributed by atoms with Crippen LogP contribution in [-0.2, 0) is 16.6 Å². The van der Waals surface area contributed by atoms with E-state index in [-0.39, 0.29) is 10.6 Å². The molecule has 0 aliphatic heterocycles. The summed E-state index contributed by atoms with van der Waals surface area (Å²) in [6, 6.07) is 18.5. The number of carbonyl (C=O) groups excluding carboxylic acids is 1. The maximum absolute atomic E-state index is 13.0. The van der Waals surface area contributed by atoms with Crippen molar-refractivity contribution in [2.45, 2.75) is 38.1 Å². The first-order valence-electron chi connectivity index (χ1n) is 10.8. The molecule has 6 nitrogen and oxygen atoms in total. The molecule has 34 heavy (non-hydrogen) atoms. The number of rotatable bonds is 6. The van der Waals surface area contributed by atoms with Gasteiger partial charge in [-0.3, -0.25) is 9.52 Å². The van der Waals surface area contributed by atoms with E-state index in [1.54, 1.807) is 18.2 Å². The zero-order valence-electron chi connectivity index (χ0n) is 18.9. The number of nitrogens with zero attached hydrogens (tertiary/aromatic N) is 2. The van der Waals surface area contributed by atoms with E-state index < -0.39 is 15.9 Å². The number of carbonyl (C=O) groups is 1. The summed E-state index contributed by atoms with van der Waals surface area (Å²) in [4.78, 5) is 18.0. The van der Waals surface area contributed by atoms with Crippen molar-refractivity contribution in [3.63, 3.8) is 0 Å². The molecule has 1 amide bonds. The molecule has 0 spiro atoms. The number of benzene rings is 3. The second-order valence-electron chi connectivity index (χ2n) is 8.07. The van der Waals surface area contributed by atoms with Gasteiger partial charge in [-0.05, 0) is 73.0 Å². The Hall–Kier alpha value is -2.94.